The van der Waals surface area contributed by atoms with Crippen molar-refractivity contribution in [3.63, 3.8) is 0 Å². The van der Waals surface area contributed by atoms with E-state index in [4.69, 9.17) is 0 Å². The molecule has 0 spiro atoms. The lowest BCUT2D eigenvalue weighted by Gasteiger charge is -2.19. The molecule has 8 rings (SSSR count). The minimum Gasteiger partial charge on any atom is -0.0622 e. The molecule has 8 aromatic rings. The summed E-state index contributed by atoms with van der Waals surface area (Å²) in [7, 11) is 0. The zero-order valence-corrected chi connectivity index (χ0v) is 22.0. The van der Waals surface area contributed by atoms with Gasteiger partial charge in [0.25, 0.3) is 0 Å². The van der Waals surface area contributed by atoms with E-state index in [1.807, 2.05) is 0 Å². The quantitative estimate of drug-likeness (QED) is 0.208. The average Bonchev–Trinajstić information content (AvgIpc) is 3.04. The summed E-state index contributed by atoms with van der Waals surface area (Å²) in [4.78, 5) is 0. The summed E-state index contributed by atoms with van der Waals surface area (Å²) in [6.45, 7) is 0. The fraction of sp³-hybridized carbons (Fsp3) is 0. The Labute approximate surface area is 234 Å². The first-order valence-electron chi connectivity index (χ1n) is 13.9. The van der Waals surface area contributed by atoms with Crippen molar-refractivity contribution in [2.75, 3.05) is 0 Å². The Morgan fingerprint density at radius 3 is 1.25 bits per heavy atom. The number of rotatable bonds is 4. The Hall–Kier alpha value is -5.20. The molecule has 0 heterocycles. The first-order valence-corrected chi connectivity index (χ1v) is 13.9. The van der Waals surface area contributed by atoms with Crippen molar-refractivity contribution in [3.05, 3.63) is 158 Å². The average molecular weight is 507 g/mol. The smallest absolute Gasteiger partial charge is 0.00141 e. The van der Waals surface area contributed by atoms with Gasteiger partial charge >= 0.3 is 0 Å². The highest BCUT2D eigenvalue weighted by atomic mass is 14.2. The molecule has 0 fully saturated rings. The Morgan fingerprint density at radius 2 is 0.650 bits per heavy atom. The van der Waals surface area contributed by atoms with Crippen molar-refractivity contribution < 1.29 is 0 Å². The van der Waals surface area contributed by atoms with Crippen LogP contribution in [-0.2, 0) is 0 Å². The second kappa shape index (κ2) is 9.22. The van der Waals surface area contributed by atoms with Crippen molar-refractivity contribution in [2.24, 2.45) is 0 Å². The first kappa shape index (κ1) is 22.8. The summed E-state index contributed by atoms with van der Waals surface area (Å²) in [6.07, 6.45) is 0. The van der Waals surface area contributed by atoms with E-state index in [0.717, 1.165) is 0 Å². The van der Waals surface area contributed by atoms with E-state index >= 15 is 0 Å². The van der Waals surface area contributed by atoms with E-state index in [0.29, 0.717) is 0 Å². The summed E-state index contributed by atoms with van der Waals surface area (Å²) in [5.74, 6) is 0. The van der Waals surface area contributed by atoms with Gasteiger partial charge in [0.15, 0.2) is 0 Å². The summed E-state index contributed by atoms with van der Waals surface area (Å²) in [6, 6.07) is 57.4. The summed E-state index contributed by atoms with van der Waals surface area (Å²) >= 11 is 0. The van der Waals surface area contributed by atoms with Gasteiger partial charge in [-0.05, 0) is 82.9 Å². The van der Waals surface area contributed by atoms with Crippen molar-refractivity contribution in [1.82, 2.24) is 0 Å². The van der Waals surface area contributed by atoms with Crippen molar-refractivity contribution in [2.45, 2.75) is 0 Å². The molecule has 0 aliphatic carbocycles. The van der Waals surface area contributed by atoms with E-state index in [1.54, 1.807) is 0 Å². The minimum atomic E-state index is 1.23. The molecule has 0 aromatic heterocycles. The largest absolute Gasteiger partial charge is 0.0622 e. The molecule has 0 aliphatic heterocycles. The van der Waals surface area contributed by atoms with Crippen LogP contribution in [0, 0.1) is 0 Å². The molecule has 0 amide bonds. The first-order chi connectivity index (χ1) is 19.8. The van der Waals surface area contributed by atoms with Crippen LogP contribution < -0.4 is 0 Å². The number of benzene rings is 8. The van der Waals surface area contributed by atoms with Crippen LogP contribution in [0.25, 0.3) is 76.8 Å². The molecule has 40 heavy (non-hydrogen) atoms. The number of hydrogen-bond donors (Lipinski definition) is 0. The Balaban J connectivity index is 1.44. The maximum absolute atomic E-state index is 2.40. The van der Waals surface area contributed by atoms with E-state index in [2.05, 4.69) is 158 Å². The molecular weight excluding hydrogens is 480 g/mol. The molecule has 0 saturated carbocycles. The maximum Gasteiger partial charge on any atom is -0.00141 e. The lowest BCUT2D eigenvalue weighted by atomic mass is 9.84. The molecule has 0 N–H and O–H groups in total. The fourth-order valence-corrected chi connectivity index (χ4v) is 6.33. The van der Waals surface area contributed by atoms with Crippen LogP contribution >= 0.6 is 0 Å². The highest BCUT2D eigenvalue weighted by Crippen LogP contribution is 2.46. The molecule has 0 bridgehead atoms. The van der Waals surface area contributed by atoms with Crippen LogP contribution in [0.15, 0.2) is 158 Å². The van der Waals surface area contributed by atoms with E-state index < -0.39 is 0 Å². The van der Waals surface area contributed by atoms with Gasteiger partial charge in [0.1, 0.15) is 0 Å². The van der Waals surface area contributed by atoms with E-state index in [1.165, 1.54) is 76.8 Å². The van der Waals surface area contributed by atoms with Gasteiger partial charge in [-0.2, -0.15) is 0 Å². The zero-order valence-electron chi connectivity index (χ0n) is 22.0. The molecule has 0 saturated heterocycles. The van der Waals surface area contributed by atoms with Crippen LogP contribution in [0.3, 0.4) is 0 Å². The summed E-state index contributed by atoms with van der Waals surface area (Å²) in [5, 5.41) is 7.87. The summed E-state index contributed by atoms with van der Waals surface area (Å²) in [5.41, 5.74) is 10.0. The van der Waals surface area contributed by atoms with Gasteiger partial charge in [0, 0.05) is 0 Å². The van der Waals surface area contributed by atoms with E-state index in [9.17, 15) is 0 Å². The maximum atomic E-state index is 2.40. The third-order valence-corrected chi connectivity index (χ3v) is 8.25. The van der Waals surface area contributed by atoms with Crippen molar-refractivity contribution in [3.8, 4) is 44.5 Å². The third-order valence-electron chi connectivity index (χ3n) is 8.25. The highest BCUT2D eigenvalue weighted by molar-refractivity contribution is 6.29. The van der Waals surface area contributed by atoms with Gasteiger partial charge < -0.3 is 0 Å². The second-order valence-electron chi connectivity index (χ2n) is 10.5. The van der Waals surface area contributed by atoms with Gasteiger partial charge in [-0.15, -0.1) is 0 Å². The van der Waals surface area contributed by atoms with Crippen LogP contribution in [0.1, 0.15) is 0 Å². The zero-order chi connectivity index (χ0) is 26.5. The molecule has 0 nitrogen and oxygen atoms in total. The van der Waals surface area contributed by atoms with Gasteiger partial charge in [0.2, 0.25) is 0 Å². The molecule has 0 unspecified atom stereocenters. The lowest BCUT2D eigenvalue weighted by molar-refractivity contribution is 1.60. The van der Waals surface area contributed by atoms with Gasteiger partial charge in [-0.25, -0.2) is 0 Å². The number of hydrogen-bond acceptors (Lipinski definition) is 0. The molecule has 0 atom stereocenters. The van der Waals surface area contributed by atoms with Gasteiger partial charge in [-0.3, -0.25) is 0 Å². The minimum absolute atomic E-state index is 1.23. The Kier molecular flexibility index (Phi) is 5.24. The molecule has 186 valence electrons. The van der Waals surface area contributed by atoms with Crippen LogP contribution in [0.4, 0.5) is 0 Å². The SMILES string of the molecule is c1ccc(-c2ccc(-c3cc(-c4ccccc4)c4ccc5ccc(-c6ccccc6)c6ccc3c4c56)cc2)cc1. The lowest BCUT2D eigenvalue weighted by Crippen LogP contribution is -1.92. The molecular formula is C40H26. The standard InChI is InChI=1S/C40H26/c1-4-10-27(11-5-1)28-16-18-31(19-17-28)38-26-37(30-14-8-3-9-15-30)35-23-21-32-20-22-33(29-12-6-2-7-13-29)34-24-25-36(38)40(35)39(32)34/h1-26H. The highest BCUT2D eigenvalue weighted by Gasteiger charge is 2.18. The Morgan fingerprint density at radius 1 is 0.250 bits per heavy atom. The van der Waals surface area contributed by atoms with Crippen LogP contribution in [0.5, 0.6) is 0 Å². The predicted octanol–water partition coefficient (Wildman–Crippen LogP) is 11.3. The van der Waals surface area contributed by atoms with E-state index in [-0.39, 0.29) is 0 Å². The third kappa shape index (κ3) is 3.61. The van der Waals surface area contributed by atoms with Crippen molar-refractivity contribution >= 4 is 32.3 Å². The molecule has 0 aliphatic rings. The Bertz CT molecular complexity index is 2100. The van der Waals surface area contributed by atoms with Gasteiger partial charge in [-0.1, -0.05) is 152 Å². The van der Waals surface area contributed by atoms with Crippen molar-refractivity contribution in [1.29, 1.82) is 0 Å². The molecule has 8 aromatic carbocycles. The van der Waals surface area contributed by atoms with Gasteiger partial charge in [0.05, 0.1) is 0 Å². The molecule has 0 heteroatoms. The van der Waals surface area contributed by atoms with Crippen LogP contribution in [0.2, 0.25) is 0 Å². The monoisotopic (exact) mass is 506 g/mol. The second-order valence-corrected chi connectivity index (χ2v) is 10.5. The fourth-order valence-electron chi connectivity index (χ4n) is 6.33. The normalized spacial score (nSPS) is 11.5. The summed E-state index contributed by atoms with van der Waals surface area (Å²) < 4.78 is 0. The van der Waals surface area contributed by atoms with Crippen LogP contribution in [-0.4, -0.2) is 0 Å². The predicted molar refractivity (Wildman–Crippen MR) is 172 cm³/mol. The molecule has 0 radical (unpaired) electrons. The topological polar surface area (TPSA) is 0 Å².